The lowest BCUT2D eigenvalue weighted by atomic mass is 10.0. The lowest BCUT2D eigenvalue weighted by Crippen LogP contribution is -2.37. The van der Waals surface area contributed by atoms with Crippen LogP contribution in [-0.4, -0.2) is 35.7 Å². The molecule has 1 aromatic rings. The molecule has 2 unspecified atom stereocenters. The molecular weight excluding hydrogens is 249 g/mol. The Labute approximate surface area is 111 Å². The number of carbonyl (C=O) groups is 1. The first-order valence-electron chi connectivity index (χ1n) is 6.36. The van der Waals surface area contributed by atoms with E-state index in [1.165, 1.54) is 19.2 Å². The summed E-state index contributed by atoms with van der Waals surface area (Å²) in [6.45, 7) is 2.59. The number of aliphatic carboxylic acids is 1. The fraction of sp³-hybridized carbons (Fsp3) is 0.500. The molecule has 2 atom stereocenters. The maximum absolute atomic E-state index is 13.4. The van der Waals surface area contributed by atoms with Crippen LogP contribution < -0.4 is 4.74 Å². The highest BCUT2D eigenvalue weighted by molar-refractivity contribution is 5.74. The van der Waals surface area contributed by atoms with Crippen molar-refractivity contribution in [2.75, 3.05) is 13.7 Å². The predicted molar refractivity (Wildman–Crippen MR) is 68.7 cm³/mol. The van der Waals surface area contributed by atoms with Crippen molar-refractivity contribution < 1.29 is 19.0 Å². The molecule has 0 saturated carbocycles. The Morgan fingerprint density at radius 2 is 2.32 bits per heavy atom. The Kier molecular flexibility index (Phi) is 4.04. The number of hydrogen-bond acceptors (Lipinski definition) is 3. The van der Waals surface area contributed by atoms with Gasteiger partial charge in [-0.2, -0.15) is 0 Å². The number of carboxylic acid groups (broad SMARTS) is 1. The normalized spacial score (nSPS) is 21.3. The van der Waals surface area contributed by atoms with E-state index in [0.29, 0.717) is 24.3 Å². The zero-order valence-corrected chi connectivity index (χ0v) is 11.1. The van der Waals surface area contributed by atoms with Crippen LogP contribution >= 0.6 is 0 Å². The number of hydrogen-bond donors (Lipinski definition) is 1. The second-order valence-electron chi connectivity index (χ2n) is 4.80. The second kappa shape index (κ2) is 5.57. The summed E-state index contributed by atoms with van der Waals surface area (Å²) in [4.78, 5) is 13.1. The first kappa shape index (κ1) is 13.8. The molecular formula is C14H18FNO3. The van der Waals surface area contributed by atoms with Crippen LogP contribution in [0.2, 0.25) is 0 Å². The van der Waals surface area contributed by atoms with Gasteiger partial charge in [-0.1, -0.05) is 0 Å². The molecule has 104 valence electrons. The molecule has 1 aliphatic rings. The fourth-order valence-electron chi connectivity index (χ4n) is 2.73. The summed E-state index contributed by atoms with van der Waals surface area (Å²) in [7, 11) is 1.53. The molecule has 5 heteroatoms. The van der Waals surface area contributed by atoms with E-state index in [1.807, 2.05) is 11.8 Å². The van der Waals surface area contributed by atoms with Gasteiger partial charge in [0.15, 0.2) is 0 Å². The van der Waals surface area contributed by atoms with Gasteiger partial charge in [0.2, 0.25) is 0 Å². The molecule has 1 aromatic carbocycles. The molecule has 1 N–H and O–H groups in total. The Balaban J connectivity index is 2.30. The van der Waals surface area contributed by atoms with Gasteiger partial charge in [0, 0.05) is 11.6 Å². The summed E-state index contributed by atoms with van der Waals surface area (Å²) < 4.78 is 18.6. The largest absolute Gasteiger partial charge is 0.496 e. The molecule has 0 radical (unpaired) electrons. The minimum absolute atomic E-state index is 0.186. The number of likely N-dealkylation sites (tertiary alicyclic amines) is 1. The van der Waals surface area contributed by atoms with Crippen molar-refractivity contribution in [2.45, 2.75) is 31.8 Å². The summed E-state index contributed by atoms with van der Waals surface area (Å²) in [5, 5.41) is 9.21. The molecule has 0 amide bonds. The number of carboxylic acids is 1. The third-order valence-electron chi connectivity index (χ3n) is 3.72. The topological polar surface area (TPSA) is 49.8 Å². The number of benzene rings is 1. The van der Waals surface area contributed by atoms with E-state index >= 15 is 0 Å². The molecule has 1 heterocycles. The summed E-state index contributed by atoms with van der Waals surface area (Å²) in [6, 6.07) is 3.65. The predicted octanol–water partition coefficient (Wildman–Crippen LogP) is 2.44. The molecule has 1 saturated heterocycles. The van der Waals surface area contributed by atoms with E-state index in [1.54, 1.807) is 6.07 Å². The SMILES string of the molecule is COc1ccc(F)cc1C(C)N1CCCC1C(=O)O. The van der Waals surface area contributed by atoms with Crippen molar-refractivity contribution >= 4 is 5.97 Å². The highest BCUT2D eigenvalue weighted by Gasteiger charge is 2.35. The molecule has 2 rings (SSSR count). The van der Waals surface area contributed by atoms with Crippen molar-refractivity contribution in [3.05, 3.63) is 29.6 Å². The monoisotopic (exact) mass is 267 g/mol. The number of methoxy groups -OCH3 is 1. The van der Waals surface area contributed by atoms with Crippen LogP contribution in [0.5, 0.6) is 5.75 Å². The van der Waals surface area contributed by atoms with Crippen molar-refractivity contribution in [1.82, 2.24) is 4.90 Å². The van der Waals surface area contributed by atoms with Gasteiger partial charge in [-0.3, -0.25) is 9.69 Å². The van der Waals surface area contributed by atoms with Crippen LogP contribution in [0.4, 0.5) is 4.39 Å². The summed E-state index contributed by atoms with van der Waals surface area (Å²) in [5.41, 5.74) is 0.690. The van der Waals surface area contributed by atoms with Gasteiger partial charge in [-0.25, -0.2) is 4.39 Å². The number of ether oxygens (including phenoxy) is 1. The Bertz CT molecular complexity index is 478. The van der Waals surface area contributed by atoms with E-state index in [2.05, 4.69) is 0 Å². The molecule has 0 aromatic heterocycles. The summed E-state index contributed by atoms with van der Waals surface area (Å²) >= 11 is 0. The molecule has 0 aliphatic carbocycles. The first-order chi connectivity index (χ1) is 9.04. The minimum atomic E-state index is -0.820. The minimum Gasteiger partial charge on any atom is -0.496 e. The maximum Gasteiger partial charge on any atom is 0.320 e. The first-order valence-corrected chi connectivity index (χ1v) is 6.36. The van der Waals surface area contributed by atoms with E-state index in [4.69, 9.17) is 4.74 Å². The highest BCUT2D eigenvalue weighted by atomic mass is 19.1. The van der Waals surface area contributed by atoms with Gasteiger partial charge >= 0.3 is 5.97 Å². The third-order valence-corrected chi connectivity index (χ3v) is 3.72. The van der Waals surface area contributed by atoms with Gasteiger partial charge in [-0.15, -0.1) is 0 Å². The number of nitrogens with zero attached hydrogens (tertiary/aromatic N) is 1. The van der Waals surface area contributed by atoms with E-state index in [-0.39, 0.29) is 11.9 Å². The lowest BCUT2D eigenvalue weighted by molar-refractivity contribution is -0.142. The zero-order chi connectivity index (χ0) is 14.0. The van der Waals surface area contributed by atoms with Crippen molar-refractivity contribution in [3.63, 3.8) is 0 Å². The van der Waals surface area contributed by atoms with Gasteiger partial charge in [0.25, 0.3) is 0 Å². The van der Waals surface area contributed by atoms with Crippen LogP contribution in [0.15, 0.2) is 18.2 Å². The Morgan fingerprint density at radius 3 is 2.95 bits per heavy atom. The van der Waals surface area contributed by atoms with Gasteiger partial charge < -0.3 is 9.84 Å². The quantitative estimate of drug-likeness (QED) is 0.910. The standard InChI is InChI=1S/C14H18FNO3/c1-9(16-7-3-4-12(16)14(17)18)11-8-10(15)5-6-13(11)19-2/h5-6,8-9,12H,3-4,7H2,1-2H3,(H,17,18). The van der Waals surface area contributed by atoms with Gasteiger partial charge in [0.1, 0.15) is 17.6 Å². The smallest absolute Gasteiger partial charge is 0.320 e. The summed E-state index contributed by atoms with van der Waals surface area (Å²) in [6.07, 6.45) is 1.48. The molecule has 4 nitrogen and oxygen atoms in total. The van der Waals surface area contributed by atoms with Gasteiger partial charge in [-0.05, 0) is 44.5 Å². The Hall–Kier alpha value is -1.62. The molecule has 1 aliphatic heterocycles. The Morgan fingerprint density at radius 1 is 1.58 bits per heavy atom. The zero-order valence-electron chi connectivity index (χ0n) is 11.1. The average molecular weight is 267 g/mol. The molecule has 0 bridgehead atoms. The van der Waals surface area contributed by atoms with Crippen LogP contribution in [0.1, 0.15) is 31.4 Å². The van der Waals surface area contributed by atoms with E-state index < -0.39 is 12.0 Å². The number of rotatable bonds is 4. The lowest BCUT2D eigenvalue weighted by Gasteiger charge is -2.29. The molecule has 0 spiro atoms. The van der Waals surface area contributed by atoms with Crippen LogP contribution in [0, 0.1) is 5.82 Å². The summed E-state index contributed by atoms with van der Waals surface area (Å²) in [5.74, 6) is -0.571. The van der Waals surface area contributed by atoms with Crippen LogP contribution in [-0.2, 0) is 4.79 Å². The molecule has 1 fully saturated rings. The number of halogens is 1. The van der Waals surface area contributed by atoms with E-state index in [0.717, 1.165) is 6.42 Å². The fourth-order valence-corrected chi connectivity index (χ4v) is 2.73. The molecule has 19 heavy (non-hydrogen) atoms. The van der Waals surface area contributed by atoms with Crippen molar-refractivity contribution in [1.29, 1.82) is 0 Å². The van der Waals surface area contributed by atoms with Crippen LogP contribution in [0.3, 0.4) is 0 Å². The maximum atomic E-state index is 13.4. The third kappa shape index (κ3) is 2.71. The van der Waals surface area contributed by atoms with Gasteiger partial charge in [0.05, 0.1) is 7.11 Å². The van der Waals surface area contributed by atoms with E-state index in [9.17, 15) is 14.3 Å². The van der Waals surface area contributed by atoms with Crippen molar-refractivity contribution in [3.8, 4) is 5.75 Å². The second-order valence-corrected chi connectivity index (χ2v) is 4.80. The highest BCUT2D eigenvalue weighted by Crippen LogP contribution is 2.34. The van der Waals surface area contributed by atoms with Crippen molar-refractivity contribution in [2.24, 2.45) is 0 Å². The van der Waals surface area contributed by atoms with Crippen LogP contribution in [0.25, 0.3) is 0 Å². The average Bonchev–Trinajstić information content (AvgIpc) is 2.87.